The highest BCUT2D eigenvalue weighted by molar-refractivity contribution is 14.1. The third-order valence-corrected chi connectivity index (χ3v) is 6.71. The molecule has 2 saturated heterocycles. The molecule has 0 spiro atoms. The van der Waals surface area contributed by atoms with Gasteiger partial charge in [-0.3, -0.25) is 0 Å². The zero-order valence-corrected chi connectivity index (χ0v) is 27.4. The standard InChI is InChI=1S/C13H20IN3O2.C9H10FIN2O.C4H11NO/c1-13(2,9-18)16-11-7-10(14)8-12(15-11)17-3-5-19-6-4-17;10-8-5-7(11)6-9(12-8)13-1-3-14-4-2-13;1-4(2,5)3-6/h7-8,18H,3-6,9H2,1-2H3,(H,15,16);5-6H,1-4H2;6H,3,5H2,1-2H3. The summed E-state index contributed by atoms with van der Waals surface area (Å²) in [5.41, 5.74) is 4.51. The molecular formula is C26H41FI2N6O4. The number of nitrogens with zero attached hydrogens (tertiary/aromatic N) is 4. The Kier molecular flexibility index (Phi) is 14.3. The summed E-state index contributed by atoms with van der Waals surface area (Å²) in [4.78, 5) is 12.8. The molecule has 2 aromatic rings. The summed E-state index contributed by atoms with van der Waals surface area (Å²) < 4.78 is 25.6. The first-order chi connectivity index (χ1) is 18.3. The van der Waals surface area contributed by atoms with Crippen molar-refractivity contribution in [3.05, 3.63) is 37.4 Å². The van der Waals surface area contributed by atoms with Crippen molar-refractivity contribution in [3.63, 3.8) is 0 Å². The fourth-order valence-corrected chi connectivity index (χ4v) is 4.40. The smallest absolute Gasteiger partial charge is 0.215 e. The van der Waals surface area contributed by atoms with Crippen molar-refractivity contribution >= 4 is 62.6 Å². The van der Waals surface area contributed by atoms with E-state index in [-0.39, 0.29) is 18.8 Å². The van der Waals surface area contributed by atoms with Gasteiger partial charge in [-0.1, -0.05) is 0 Å². The van der Waals surface area contributed by atoms with Gasteiger partial charge in [0.2, 0.25) is 5.95 Å². The minimum atomic E-state index is -0.418. The van der Waals surface area contributed by atoms with Crippen LogP contribution in [0.3, 0.4) is 0 Å². The Morgan fingerprint density at radius 3 is 1.69 bits per heavy atom. The molecule has 0 saturated carbocycles. The summed E-state index contributed by atoms with van der Waals surface area (Å²) in [7, 11) is 0. The number of rotatable bonds is 6. The molecule has 39 heavy (non-hydrogen) atoms. The van der Waals surface area contributed by atoms with E-state index in [9.17, 15) is 9.50 Å². The number of anilines is 3. The number of ether oxygens (including phenoxy) is 2. The van der Waals surface area contributed by atoms with Crippen molar-refractivity contribution in [2.24, 2.45) is 5.73 Å². The average Bonchev–Trinajstić information content (AvgIpc) is 2.89. The van der Waals surface area contributed by atoms with E-state index in [0.29, 0.717) is 19.0 Å². The van der Waals surface area contributed by atoms with E-state index in [1.165, 1.54) is 6.07 Å². The first kappa shape index (κ1) is 34.1. The van der Waals surface area contributed by atoms with Crippen LogP contribution in [0.2, 0.25) is 0 Å². The maximum absolute atomic E-state index is 13.0. The van der Waals surface area contributed by atoms with Crippen LogP contribution in [0, 0.1) is 13.1 Å². The van der Waals surface area contributed by atoms with Gasteiger partial charge in [-0.05, 0) is 91.1 Å². The molecule has 2 fully saturated rings. The van der Waals surface area contributed by atoms with E-state index >= 15 is 0 Å². The number of aliphatic hydroxyl groups is 2. The molecular weight excluding hydrogens is 733 g/mol. The number of morpholine rings is 2. The number of hydrogen-bond acceptors (Lipinski definition) is 10. The molecule has 0 unspecified atom stereocenters. The highest BCUT2D eigenvalue weighted by Gasteiger charge is 2.19. The lowest BCUT2D eigenvalue weighted by molar-refractivity contribution is 0.122. The molecule has 0 aliphatic carbocycles. The van der Waals surface area contributed by atoms with Gasteiger partial charge in [-0.2, -0.15) is 4.39 Å². The lowest BCUT2D eigenvalue weighted by Crippen LogP contribution is -2.38. The van der Waals surface area contributed by atoms with Crippen molar-refractivity contribution in [3.8, 4) is 0 Å². The summed E-state index contributed by atoms with van der Waals surface area (Å²) in [6, 6.07) is 7.37. The van der Waals surface area contributed by atoms with Crippen LogP contribution in [-0.2, 0) is 9.47 Å². The topological polar surface area (TPSA) is 129 Å². The van der Waals surface area contributed by atoms with Crippen molar-refractivity contribution in [1.82, 2.24) is 9.97 Å². The van der Waals surface area contributed by atoms with E-state index in [0.717, 1.165) is 58.2 Å². The number of halogens is 3. The van der Waals surface area contributed by atoms with Gasteiger partial charge < -0.3 is 40.5 Å². The normalized spacial score (nSPS) is 16.1. The van der Waals surface area contributed by atoms with Gasteiger partial charge in [0.1, 0.15) is 17.5 Å². The van der Waals surface area contributed by atoms with Gasteiger partial charge in [-0.25, -0.2) is 9.97 Å². The Labute approximate surface area is 258 Å². The lowest BCUT2D eigenvalue weighted by atomic mass is 10.1. The van der Waals surface area contributed by atoms with E-state index < -0.39 is 11.5 Å². The van der Waals surface area contributed by atoms with Crippen molar-refractivity contribution in [2.75, 3.05) is 80.9 Å². The molecule has 2 aliphatic rings. The minimum absolute atomic E-state index is 0.0486. The number of aromatic nitrogens is 2. The molecule has 0 bridgehead atoms. The molecule has 5 N–H and O–H groups in total. The van der Waals surface area contributed by atoms with Gasteiger partial charge in [-0.15, -0.1) is 0 Å². The number of aliphatic hydroxyl groups excluding tert-OH is 2. The predicted molar refractivity (Wildman–Crippen MR) is 170 cm³/mol. The molecule has 4 rings (SSSR count). The van der Waals surface area contributed by atoms with Gasteiger partial charge >= 0.3 is 0 Å². The molecule has 4 heterocycles. The Morgan fingerprint density at radius 2 is 1.28 bits per heavy atom. The first-order valence-electron chi connectivity index (χ1n) is 12.8. The summed E-state index contributed by atoms with van der Waals surface area (Å²) >= 11 is 4.38. The molecule has 0 atom stereocenters. The van der Waals surface area contributed by atoms with E-state index in [2.05, 4.69) is 71.4 Å². The van der Waals surface area contributed by atoms with Gasteiger partial charge in [0.05, 0.1) is 45.2 Å². The Morgan fingerprint density at radius 1 is 0.846 bits per heavy atom. The zero-order valence-electron chi connectivity index (χ0n) is 23.1. The summed E-state index contributed by atoms with van der Waals surface area (Å²) in [6.07, 6.45) is 0. The van der Waals surface area contributed by atoms with Crippen LogP contribution >= 0.6 is 45.2 Å². The molecule has 2 aromatic heterocycles. The number of nitrogens with two attached hydrogens (primary N) is 1. The number of pyridine rings is 2. The van der Waals surface area contributed by atoms with Crippen LogP contribution in [0.5, 0.6) is 0 Å². The van der Waals surface area contributed by atoms with Crippen molar-refractivity contribution in [2.45, 2.75) is 38.8 Å². The minimum Gasteiger partial charge on any atom is -0.394 e. The van der Waals surface area contributed by atoms with E-state index in [1.807, 2.05) is 30.9 Å². The van der Waals surface area contributed by atoms with Crippen molar-refractivity contribution < 1.29 is 24.1 Å². The maximum atomic E-state index is 13.0. The van der Waals surface area contributed by atoms with E-state index in [1.54, 1.807) is 13.8 Å². The first-order valence-corrected chi connectivity index (χ1v) is 14.9. The number of nitrogens with one attached hydrogen (secondary N) is 1. The van der Waals surface area contributed by atoms with E-state index in [4.69, 9.17) is 20.3 Å². The fraction of sp³-hybridized carbons (Fsp3) is 0.615. The van der Waals surface area contributed by atoms with Crippen LogP contribution in [0.25, 0.3) is 0 Å². The van der Waals surface area contributed by atoms with Crippen molar-refractivity contribution in [1.29, 1.82) is 0 Å². The third kappa shape index (κ3) is 13.4. The molecule has 0 amide bonds. The number of hydrogen-bond donors (Lipinski definition) is 4. The van der Waals surface area contributed by atoms with Gasteiger partial charge in [0.15, 0.2) is 0 Å². The molecule has 0 aromatic carbocycles. The van der Waals surface area contributed by atoms with Gasteiger partial charge in [0.25, 0.3) is 0 Å². The fourth-order valence-electron chi connectivity index (χ4n) is 3.30. The highest BCUT2D eigenvalue weighted by Crippen LogP contribution is 2.22. The molecule has 220 valence electrons. The molecule has 0 radical (unpaired) electrons. The van der Waals surface area contributed by atoms with Crippen LogP contribution in [-0.4, -0.2) is 97.1 Å². The summed E-state index contributed by atoms with van der Waals surface area (Å²) in [5, 5.41) is 20.9. The Balaban J connectivity index is 0.000000234. The second-order valence-corrected chi connectivity index (χ2v) is 13.0. The van der Waals surface area contributed by atoms with Crippen LogP contribution in [0.1, 0.15) is 27.7 Å². The maximum Gasteiger partial charge on any atom is 0.215 e. The van der Waals surface area contributed by atoms with Crippen LogP contribution in [0.4, 0.5) is 21.8 Å². The quantitative estimate of drug-likeness (QED) is 0.257. The Hall–Kier alpha value is -1.11. The average molecular weight is 774 g/mol. The second kappa shape index (κ2) is 16.4. The van der Waals surface area contributed by atoms with Crippen LogP contribution < -0.4 is 20.9 Å². The summed E-state index contributed by atoms with van der Waals surface area (Å²) in [5.74, 6) is 2.05. The van der Waals surface area contributed by atoms with Gasteiger partial charge in [0, 0.05) is 44.9 Å². The second-order valence-electron chi connectivity index (χ2n) is 10.5. The lowest BCUT2D eigenvalue weighted by Gasteiger charge is -2.29. The summed E-state index contributed by atoms with van der Waals surface area (Å²) in [6.45, 7) is 13.7. The zero-order chi connectivity index (χ0) is 29.1. The monoisotopic (exact) mass is 774 g/mol. The Bertz CT molecular complexity index is 996. The third-order valence-electron chi connectivity index (χ3n) is 5.46. The molecule has 2 aliphatic heterocycles. The van der Waals surface area contributed by atoms with Crippen LogP contribution in [0.15, 0.2) is 24.3 Å². The largest absolute Gasteiger partial charge is 0.394 e. The SMILES string of the molecule is CC(C)(CO)Nc1cc(I)cc(N2CCOCC2)n1.CC(C)(N)CO.Fc1cc(I)cc(N2CCOCC2)n1. The molecule has 10 nitrogen and oxygen atoms in total. The predicted octanol–water partition coefficient (Wildman–Crippen LogP) is 3.08. The molecule has 13 heteroatoms. The highest BCUT2D eigenvalue weighted by atomic mass is 127.